The Kier molecular flexibility index (Phi) is 5.43. The molecule has 6 nitrogen and oxygen atoms in total. The summed E-state index contributed by atoms with van der Waals surface area (Å²) in [5.74, 6) is -0.459. The number of rotatable bonds is 6. The van der Waals surface area contributed by atoms with Gasteiger partial charge in [0.05, 0.1) is 23.6 Å². The molecule has 0 saturated carbocycles. The average molecular weight is 348 g/mol. The van der Waals surface area contributed by atoms with E-state index in [0.717, 1.165) is 5.56 Å². The molecule has 3 aromatic rings. The molecular formula is C20H20N4O2. The molecule has 0 radical (unpaired) electrons. The van der Waals surface area contributed by atoms with Crippen molar-refractivity contribution in [2.75, 3.05) is 5.32 Å². The van der Waals surface area contributed by atoms with Crippen LogP contribution in [-0.2, 0) is 11.3 Å². The van der Waals surface area contributed by atoms with E-state index < -0.39 is 0 Å². The number of benzene rings is 2. The van der Waals surface area contributed by atoms with Crippen molar-refractivity contribution in [3.8, 4) is 0 Å². The molecule has 26 heavy (non-hydrogen) atoms. The first-order chi connectivity index (χ1) is 12.6. The van der Waals surface area contributed by atoms with E-state index in [4.69, 9.17) is 0 Å². The van der Waals surface area contributed by atoms with E-state index in [2.05, 4.69) is 15.6 Å². The van der Waals surface area contributed by atoms with Gasteiger partial charge in [-0.1, -0.05) is 42.5 Å². The monoisotopic (exact) mass is 348 g/mol. The summed E-state index contributed by atoms with van der Waals surface area (Å²) < 4.78 is 1.66. The number of amides is 2. The summed E-state index contributed by atoms with van der Waals surface area (Å²) in [5.41, 5.74) is 1.92. The van der Waals surface area contributed by atoms with Crippen LogP contribution in [0.5, 0.6) is 0 Å². The predicted octanol–water partition coefficient (Wildman–Crippen LogP) is 3.01. The minimum Gasteiger partial charge on any atom is -0.345 e. The molecule has 0 aliphatic carbocycles. The molecule has 1 unspecified atom stereocenters. The molecule has 1 heterocycles. The number of carbonyl (C=O) groups is 2. The third kappa shape index (κ3) is 4.36. The lowest BCUT2D eigenvalue weighted by atomic mass is 10.1. The summed E-state index contributed by atoms with van der Waals surface area (Å²) in [5, 5.41) is 5.76. The highest BCUT2D eigenvalue weighted by Gasteiger charge is 2.16. The normalized spacial score (nSPS) is 11.6. The maximum Gasteiger partial charge on any atom is 0.253 e. The first-order valence-corrected chi connectivity index (χ1v) is 8.34. The zero-order valence-corrected chi connectivity index (χ0v) is 14.4. The summed E-state index contributed by atoms with van der Waals surface area (Å²) >= 11 is 0. The highest BCUT2D eigenvalue weighted by Crippen LogP contribution is 2.18. The molecule has 2 aromatic carbocycles. The first-order valence-electron chi connectivity index (χ1n) is 8.34. The standard InChI is InChI=1S/C20H20N4O2/c1-15(16-7-3-2-4-8-16)22-20(26)17-9-5-6-10-18(17)23-19(25)13-24-12-11-21-14-24/h2-12,14-15H,13H2,1H3,(H,22,26)(H,23,25). The van der Waals surface area contributed by atoms with Crippen LogP contribution in [-0.4, -0.2) is 21.4 Å². The molecule has 2 amide bonds. The first kappa shape index (κ1) is 17.4. The molecule has 6 heteroatoms. The molecular weight excluding hydrogens is 328 g/mol. The number of nitrogens with zero attached hydrogens (tertiary/aromatic N) is 2. The molecule has 1 aromatic heterocycles. The van der Waals surface area contributed by atoms with Crippen LogP contribution >= 0.6 is 0 Å². The van der Waals surface area contributed by atoms with Gasteiger partial charge in [-0.15, -0.1) is 0 Å². The fourth-order valence-corrected chi connectivity index (χ4v) is 2.63. The number of hydrogen-bond acceptors (Lipinski definition) is 3. The number of anilines is 1. The van der Waals surface area contributed by atoms with Gasteiger partial charge in [0.25, 0.3) is 5.91 Å². The maximum atomic E-state index is 12.7. The highest BCUT2D eigenvalue weighted by atomic mass is 16.2. The van der Waals surface area contributed by atoms with Gasteiger partial charge < -0.3 is 15.2 Å². The lowest BCUT2D eigenvalue weighted by Gasteiger charge is -2.16. The lowest BCUT2D eigenvalue weighted by molar-refractivity contribution is -0.116. The minimum atomic E-state index is -0.236. The van der Waals surface area contributed by atoms with Gasteiger partial charge in [0.1, 0.15) is 6.54 Å². The number of imidazole rings is 1. The average Bonchev–Trinajstić information content (AvgIpc) is 3.15. The van der Waals surface area contributed by atoms with Crippen LogP contribution < -0.4 is 10.6 Å². The summed E-state index contributed by atoms with van der Waals surface area (Å²) in [4.78, 5) is 28.8. The van der Waals surface area contributed by atoms with Gasteiger partial charge in [-0.05, 0) is 24.6 Å². The zero-order chi connectivity index (χ0) is 18.4. The molecule has 132 valence electrons. The van der Waals surface area contributed by atoms with Gasteiger partial charge in [-0.3, -0.25) is 9.59 Å². The summed E-state index contributed by atoms with van der Waals surface area (Å²) in [7, 11) is 0. The third-order valence-corrected chi connectivity index (χ3v) is 3.98. The van der Waals surface area contributed by atoms with Gasteiger partial charge >= 0.3 is 0 Å². The molecule has 0 saturated heterocycles. The second kappa shape index (κ2) is 8.11. The quantitative estimate of drug-likeness (QED) is 0.719. The second-order valence-corrected chi connectivity index (χ2v) is 5.93. The number of carbonyl (C=O) groups excluding carboxylic acids is 2. The van der Waals surface area contributed by atoms with Crippen LogP contribution in [0.3, 0.4) is 0 Å². The van der Waals surface area contributed by atoms with Crippen LogP contribution in [0, 0.1) is 0 Å². The van der Waals surface area contributed by atoms with Gasteiger partial charge in [-0.25, -0.2) is 4.98 Å². The number of aromatic nitrogens is 2. The Morgan fingerprint density at radius 2 is 1.81 bits per heavy atom. The molecule has 1 atom stereocenters. The van der Waals surface area contributed by atoms with Crippen LogP contribution in [0.4, 0.5) is 5.69 Å². The van der Waals surface area contributed by atoms with E-state index in [1.165, 1.54) is 0 Å². The van der Waals surface area contributed by atoms with E-state index in [9.17, 15) is 9.59 Å². The molecule has 0 spiro atoms. The second-order valence-electron chi connectivity index (χ2n) is 5.93. The Morgan fingerprint density at radius 1 is 1.08 bits per heavy atom. The molecule has 0 bridgehead atoms. The summed E-state index contributed by atoms with van der Waals surface area (Å²) in [6.07, 6.45) is 4.89. The van der Waals surface area contributed by atoms with Gasteiger partial charge in [0, 0.05) is 12.4 Å². The number of hydrogen-bond donors (Lipinski definition) is 2. The number of nitrogens with one attached hydrogen (secondary N) is 2. The van der Waals surface area contributed by atoms with Crippen LogP contribution in [0.1, 0.15) is 28.9 Å². The van der Waals surface area contributed by atoms with Crippen molar-refractivity contribution < 1.29 is 9.59 Å². The minimum absolute atomic E-state index is 0.135. The van der Waals surface area contributed by atoms with Crippen molar-refractivity contribution in [3.63, 3.8) is 0 Å². The maximum absolute atomic E-state index is 12.7. The van der Waals surface area contributed by atoms with Crippen molar-refractivity contribution in [1.29, 1.82) is 0 Å². The van der Waals surface area contributed by atoms with Crippen molar-refractivity contribution in [2.45, 2.75) is 19.5 Å². The molecule has 2 N–H and O–H groups in total. The van der Waals surface area contributed by atoms with Crippen molar-refractivity contribution in [2.24, 2.45) is 0 Å². The Bertz CT molecular complexity index is 876. The van der Waals surface area contributed by atoms with Crippen molar-refractivity contribution in [1.82, 2.24) is 14.9 Å². The zero-order valence-electron chi connectivity index (χ0n) is 14.4. The molecule has 0 aliphatic rings. The lowest BCUT2D eigenvalue weighted by Crippen LogP contribution is -2.28. The molecule has 0 fully saturated rings. The van der Waals surface area contributed by atoms with E-state index in [1.54, 1.807) is 47.6 Å². The van der Waals surface area contributed by atoms with Gasteiger partial charge in [-0.2, -0.15) is 0 Å². The van der Waals surface area contributed by atoms with E-state index in [0.29, 0.717) is 11.3 Å². The van der Waals surface area contributed by atoms with Crippen molar-refractivity contribution in [3.05, 3.63) is 84.4 Å². The number of para-hydroxylation sites is 1. The van der Waals surface area contributed by atoms with Crippen LogP contribution in [0.2, 0.25) is 0 Å². The van der Waals surface area contributed by atoms with Crippen LogP contribution in [0.15, 0.2) is 73.3 Å². The topological polar surface area (TPSA) is 76.0 Å². The molecule has 3 rings (SSSR count). The summed E-state index contributed by atoms with van der Waals surface area (Å²) in [6, 6.07) is 16.5. The fraction of sp³-hybridized carbons (Fsp3) is 0.150. The van der Waals surface area contributed by atoms with E-state index in [1.807, 2.05) is 37.3 Å². The van der Waals surface area contributed by atoms with Crippen LogP contribution in [0.25, 0.3) is 0 Å². The fourth-order valence-electron chi connectivity index (χ4n) is 2.63. The molecule has 0 aliphatic heterocycles. The smallest absolute Gasteiger partial charge is 0.253 e. The Balaban J connectivity index is 1.70. The van der Waals surface area contributed by atoms with E-state index in [-0.39, 0.29) is 24.4 Å². The third-order valence-electron chi connectivity index (χ3n) is 3.98. The predicted molar refractivity (Wildman–Crippen MR) is 99.6 cm³/mol. The SMILES string of the molecule is CC(NC(=O)c1ccccc1NC(=O)Cn1ccnc1)c1ccccc1. The van der Waals surface area contributed by atoms with Gasteiger partial charge in [0.2, 0.25) is 5.91 Å². The van der Waals surface area contributed by atoms with Crippen molar-refractivity contribution >= 4 is 17.5 Å². The van der Waals surface area contributed by atoms with E-state index >= 15 is 0 Å². The largest absolute Gasteiger partial charge is 0.345 e. The van der Waals surface area contributed by atoms with Gasteiger partial charge in [0.15, 0.2) is 0 Å². The Morgan fingerprint density at radius 3 is 2.54 bits per heavy atom. The highest BCUT2D eigenvalue weighted by molar-refractivity contribution is 6.03. The Hall–Kier alpha value is -3.41. The Labute approximate surface area is 151 Å². The summed E-state index contributed by atoms with van der Waals surface area (Å²) in [6.45, 7) is 2.06.